The molecule has 0 aliphatic carbocycles. The van der Waals surface area contributed by atoms with Crippen LogP contribution in [0, 0.1) is 6.92 Å². The van der Waals surface area contributed by atoms with E-state index in [2.05, 4.69) is 17.2 Å². The largest absolute Gasteiger partial charge is 0.494 e. The molecule has 0 spiro atoms. The molecular formula is C26H31N3O3S2. The number of aryl methyl sites for hydroxylation is 1. The van der Waals surface area contributed by atoms with Crippen LogP contribution in [0.25, 0.3) is 11.3 Å². The summed E-state index contributed by atoms with van der Waals surface area (Å²) in [4.78, 5) is 18.4. The maximum absolute atomic E-state index is 12.7. The Labute approximate surface area is 209 Å². The van der Waals surface area contributed by atoms with E-state index in [1.165, 1.54) is 23.1 Å². The first kappa shape index (κ1) is 25.6. The van der Waals surface area contributed by atoms with Crippen molar-refractivity contribution in [2.75, 3.05) is 18.5 Å². The highest BCUT2D eigenvalue weighted by atomic mass is 32.2. The maximum Gasteiger partial charge on any atom is 0.230 e. The highest BCUT2D eigenvalue weighted by molar-refractivity contribution is 8.03. The van der Waals surface area contributed by atoms with Crippen molar-refractivity contribution in [3.8, 4) is 22.8 Å². The fourth-order valence-corrected chi connectivity index (χ4v) is 4.95. The zero-order chi connectivity index (χ0) is 24.5. The Morgan fingerprint density at radius 2 is 1.94 bits per heavy atom. The lowest BCUT2D eigenvalue weighted by Crippen LogP contribution is -2.14. The summed E-state index contributed by atoms with van der Waals surface area (Å²) >= 11 is 2.91. The summed E-state index contributed by atoms with van der Waals surface area (Å²) < 4.78 is 11.4. The molecular weight excluding hydrogens is 466 g/mol. The Balaban J connectivity index is 1.70. The molecule has 0 bridgehead atoms. The first-order valence-electron chi connectivity index (χ1n) is 11.3. The van der Waals surface area contributed by atoms with E-state index in [9.17, 15) is 4.79 Å². The van der Waals surface area contributed by atoms with E-state index >= 15 is 0 Å². The van der Waals surface area contributed by atoms with Crippen LogP contribution < -0.4 is 20.5 Å². The number of nitrogens with one attached hydrogen (secondary N) is 1. The van der Waals surface area contributed by atoms with E-state index in [-0.39, 0.29) is 12.3 Å². The number of nitrogens with zero attached hydrogens (tertiary/aromatic N) is 1. The molecule has 0 unspecified atom stereocenters. The number of anilines is 1. The lowest BCUT2D eigenvalue weighted by molar-refractivity contribution is -0.115. The minimum atomic E-state index is -0.116. The average molecular weight is 498 g/mol. The van der Waals surface area contributed by atoms with Crippen molar-refractivity contribution in [3.63, 3.8) is 0 Å². The predicted molar refractivity (Wildman–Crippen MR) is 142 cm³/mol. The quantitative estimate of drug-likeness (QED) is 0.298. The molecule has 3 aromatic rings. The number of rotatable bonds is 11. The Bertz CT molecular complexity index is 1160. The van der Waals surface area contributed by atoms with Crippen LogP contribution in [0.1, 0.15) is 38.3 Å². The Hall–Kier alpha value is -2.97. The third-order valence-corrected chi connectivity index (χ3v) is 6.66. The monoisotopic (exact) mass is 497 g/mol. The second kappa shape index (κ2) is 12.5. The van der Waals surface area contributed by atoms with Gasteiger partial charge < -0.3 is 20.5 Å². The second-order valence-corrected chi connectivity index (χ2v) is 9.48. The van der Waals surface area contributed by atoms with Gasteiger partial charge >= 0.3 is 0 Å². The van der Waals surface area contributed by atoms with Gasteiger partial charge in [-0.3, -0.25) is 4.79 Å². The Morgan fingerprint density at radius 3 is 2.68 bits per heavy atom. The van der Waals surface area contributed by atoms with Gasteiger partial charge in [-0.05, 0) is 56.5 Å². The maximum atomic E-state index is 12.7. The van der Waals surface area contributed by atoms with Crippen LogP contribution in [0.3, 0.4) is 0 Å². The molecule has 0 aliphatic rings. The first-order chi connectivity index (χ1) is 16.4. The summed E-state index contributed by atoms with van der Waals surface area (Å²) in [7, 11) is 0. The van der Waals surface area contributed by atoms with E-state index < -0.39 is 0 Å². The molecule has 0 radical (unpaired) electrons. The van der Waals surface area contributed by atoms with Gasteiger partial charge in [-0.25, -0.2) is 4.98 Å². The van der Waals surface area contributed by atoms with Gasteiger partial charge in [-0.2, -0.15) is 0 Å². The average Bonchev–Trinajstić information content (AvgIpc) is 3.25. The summed E-state index contributed by atoms with van der Waals surface area (Å²) in [6.45, 7) is 9.10. The molecule has 180 valence electrons. The first-order valence-corrected chi connectivity index (χ1v) is 13.0. The molecule has 3 N–H and O–H groups in total. The number of carbonyl (C=O) groups excluding carboxylic acids is 1. The fraction of sp³-hybridized carbons (Fsp3) is 0.308. The molecule has 3 rings (SSSR count). The second-order valence-electron chi connectivity index (χ2n) is 7.50. The van der Waals surface area contributed by atoms with Gasteiger partial charge in [0.1, 0.15) is 11.5 Å². The van der Waals surface area contributed by atoms with Gasteiger partial charge in [0.25, 0.3) is 0 Å². The van der Waals surface area contributed by atoms with Gasteiger partial charge in [0.05, 0.1) is 30.4 Å². The summed E-state index contributed by atoms with van der Waals surface area (Å²) in [5.41, 5.74) is 9.73. The van der Waals surface area contributed by atoms with Crippen molar-refractivity contribution in [1.82, 2.24) is 4.98 Å². The molecule has 0 atom stereocenters. The predicted octanol–water partition coefficient (Wildman–Crippen LogP) is 6.40. The zero-order valence-electron chi connectivity index (χ0n) is 20.0. The molecule has 0 saturated carbocycles. The Morgan fingerprint density at radius 1 is 1.15 bits per heavy atom. The standard InChI is InChI=1S/C26H31N3O3S2/c1-5-8-24(27)34-23-13-18(10-9-17(23)4)14-25(30)29-26-28-21(16-33-26)20-12-11-19(31-6-2)15-22(20)32-7-3/h8-13,15-16H,5-7,14,27H2,1-4H3,(H,28,29,30)/b24-8+. The number of allylic oxidation sites excluding steroid dienone is 1. The number of benzene rings is 2. The van der Waals surface area contributed by atoms with Crippen molar-refractivity contribution in [3.05, 3.63) is 64.0 Å². The van der Waals surface area contributed by atoms with Crippen molar-refractivity contribution in [2.45, 2.75) is 45.4 Å². The number of amides is 1. The number of hydrogen-bond acceptors (Lipinski definition) is 7. The van der Waals surface area contributed by atoms with Crippen molar-refractivity contribution < 1.29 is 14.3 Å². The summed E-state index contributed by atoms with van der Waals surface area (Å²) in [5, 5.41) is 6.15. The van der Waals surface area contributed by atoms with Crippen LogP contribution in [0.5, 0.6) is 11.5 Å². The molecule has 1 aromatic heterocycles. The molecule has 34 heavy (non-hydrogen) atoms. The molecule has 2 aromatic carbocycles. The van der Waals surface area contributed by atoms with E-state index in [1.807, 2.05) is 68.6 Å². The lowest BCUT2D eigenvalue weighted by atomic mass is 10.1. The smallest absolute Gasteiger partial charge is 0.230 e. The molecule has 0 aliphatic heterocycles. The summed E-state index contributed by atoms with van der Waals surface area (Å²) in [5.74, 6) is 1.34. The molecule has 1 amide bonds. The molecule has 0 saturated heterocycles. The topological polar surface area (TPSA) is 86.5 Å². The highest BCUT2D eigenvalue weighted by Gasteiger charge is 2.14. The van der Waals surface area contributed by atoms with Crippen molar-refractivity contribution in [2.24, 2.45) is 5.73 Å². The number of carbonyl (C=O) groups is 1. The van der Waals surface area contributed by atoms with Crippen LogP contribution in [0.4, 0.5) is 5.13 Å². The Kier molecular flexibility index (Phi) is 9.42. The lowest BCUT2D eigenvalue weighted by Gasteiger charge is -2.11. The van der Waals surface area contributed by atoms with Gasteiger partial charge in [0, 0.05) is 21.9 Å². The van der Waals surface area contributed by atoms with Crippen molar-refractivity contribution >= 4 is 34.1 Å². The highest BCUT2D eigenvalue weighted by Crippen LogP contribution is 2.35. The van der Waals surface area contributed by atoms with E-state index in [0.717, 1.165) is 44.5 Å². The third-order valence-electron chi connectivity index (χ3n) is 4.84. The number of nitrogens with two attached hydrogens (primary N) is 1. The number of thiazole rings is 1. The SMILES string of the molecule is CC/C=C(\N)Sc1cc(CC(=O)Nc2nc(-c3ccc(OCC)cc3OCC)cs2)ccc1C. The van der Waals surface area contributed by atoms with E-state index in [4.69, 9.17) is 15.2 Å². The summed E-state index contributed by atoms with van der Waals surface area (Å²) in [6, 6.07) is 11.7. The van der Waals surface area contributed by atoms with Gasteiger partial charge in [-0.1, -0.05) is 36.9 Å². The minimum absolute atomic E-state index is 0.116. The fourth-order valence-electron chi connectivity index (χ4n) is 3.28. The van der Waals surface area contributed by atoms with E-state index in [0.29, 0.717) is 24.1 Å². The van der Waals surface area contributed by atoms with Crippen LogP contribution in [0.15, 0.2) is 57.8 Å². The van der Waals surface area contributed by atoms with Crippen LogP contribution in [-0.4, -0.2) is 24.1 Å². The van der Waals surface area contributed by atoms with Crippen LogP contribution in [0.2, 0.25) is 0 Å². The van der Waals surface area contributed by atoms with Crippen LogP contribution >= 0.6 is 23.1 Å². The summed E-state index contributed by atoms with van der Waals surface area (Å²) in [6.07, 6.45) is 3.14. The number of ether oxygens (including phenoxy) is 2. The van der Waals surface area contributed by atoms with Gasteiger partial charge in [0.2, 0.25) is 5.91 Å². The zero-order valence-corrected chi connectivity index (χ0v) is 21.6. The number of thioether (sulfide) groups is 1. The molecule has 1 heterocycles. The normalized spacial score (nSPS) is 11.4. The molecule has 8 heteroatoms. The van der Waals surface area contributed by atoms with Gasteiger partial charge in [-0.15, -0.1) is 11.3 Å². The number of aromatic nitrogens is 1. The third kappa shape index (κ3) is 7.01. The minimum Gasteiger partial charge on any atom is -0.494 e. The number of hydrogen-bond donors (Lipinski definition) is 2. The van der Waals surface area contributed by atoms with E-state index in [1.54, 1.807) is 0 Å². The molecule has 6 nitrogen and oxygen atoms in total. The van der Waals surface area contributed by atoms with Gasteiger partial charge in [0.15, 0.2) is 5.13 Å². The molecule has 0 fully saturated rings. The van der Waals surface area contributed by atoms with Crippen LogP contribution in [-0.2, 0) is 11.2 Å². The van der Waals surface area contributed by atoms with Crippen molar-refractivity contribution in [1.29, 1.82) is 0 Å².